The molecule has 0 aromatic heterocycles. The number of aliphatic carboxylic acids is 1. The number of carboxylic acids is 1. The van der Waals surface area contributed by atoms with Gasteiger partial charge in [0, 0.05) is 12.3 Å². The molecule has 8 atom stereocenters. The molecule has 0 fully saturated rings. The van der Waals surface area contributed by atoms with Crippen molar-refractivity contribution in [2.45, 2.75) is 121 Å². The van der Waals surface area contributed by atoms with Gasteiger partial charge in [-0.25, -0.2) is 4.79 Å². The number of unbranched alkanes of at least 4 members (excludes halogenated alkanes) is 1. The minimum Gasteiger partial charge on any atom is -0.480 e. The van der Waals surface area contributed by atoms with E-state index in [4.69, 9.17) is 22.9 Å². The fourth-order valence-electron chi connectivity index (χ4n) is 4.96. The number of amides is 6. The standard InChI is InChI=1S/C33H63N11O9S2/c1-17(2)15-24(32(52)53)43-30(50)23(11-14-55-5)41-29(49)21(9-6-7-12-34)42-31(51)25(19(4)45)44-26(46)18(3)39-28(48)22(10-8-13-38-33(36)37)40-27(47)20(35)16-54/h17-25,45,54H,6-16,34-35H2,1-5H3,(H,39,48)(H,40,47)(H,41,49)(H,42,51)(H,43,50)(H,44,46)(H,52,53)(H4,36,37,38)/t18-,19+,20-,21-,22-,23-,24-,25-/m0/s1. The number of carboxylic acid groups (broad SMARTS) is 1. The molecule has 0 aliphatic carbocycles. The molecule has 0 unspecified atom stereocenters. The van der Waals surface area contributed by atoms with Crippen molar-refractivity contribution in [2.75, 3.05) is 30.9 Å². The van der Waals surface area contributed by atoms with Crippen molar-refractivity contribution in [3.8, 4) is 0 Å². The third kappa shape index (κ3) is 21.1. The lowest BCUT2D eigenvalue weighted by atomic mass is 10.0. The molecule has 0 saturated carbocycles. The van der Waals surface area contributed by atoms with Crippen LogP contribution in [0.5, 0.6) is 0 Å². The van der Waals surface area contributed by atoms with Gasteiger partial charge in [0.25, 0.3) is 0 Å². The van der Waals surface area contributed by atoms with E-state index in [1.807, 2.05) is 13.8 Å². The van der Waals surface area contributed by atoms with Crippen molar-refractivity contribution in [2.24, 2.45) is 33.8 Å². The van der Waals surface area contributed by atoms with Gasteiger partial charge in [0.05, 0.1) is 12.1 Å². The van der Waals surface area contributed by atoms with E-state index in [0.717, 1.165) is 0 Å². The van der Waals surface area contributed by atoms with Gasteiger partial charge >= 0.3 is 5.97 Å². The van der Waals surface area contributed by atoms with Crippen LogP contribution < -0.4 is 54.8 Å². The summed E-state index contributed by atoms with van der Waals surface area (Å²) in [4.78, 5) is 94.8. The molecule has 0 heterocycles. The summed E-state index contributed by atoms with van der Waals surface area (Å²) < 4.78 is 0. The monoisotopic (exact) mass is 821 g/mol. The summed E-state index contributed by atoms with van der Waals surface area (Å²) in [5, 5.41) is 35.2. The molecular weight excluding hydrogens is 759 g/mol. The number of guanidine groups is 1. The molecule has 22 heteroatoms. The van der Waals surface area contributed by atoms with Gasteiger partial charge < -0.3 is 65.0 Å². The number of nitrogens with two attached hydrogens (primary N) is 4. The van der Waals surface area contributed by atoms with Crippen molar-refractivity contribution in [3.63, 3.8) is 0 Å². The first-order chi connectivity index (χ1) is 25.8. The molecule has 55 heavy (non-hydrogen) atoms. The van der Waals surface area contributed by atoms with Crippen molar-refractivity contribution in [1.82, 2.24) is 31.9 Å². The number of aliphatic imine (C=N–C) groups is 1. The second kappa shape index (κ2) is 27.7. The first-order valence-electron chi connectivity index (χ1n) is 18.1. The average Bonchev–Trinajstić information content (AvgIpc) is 3.11. The van der Waals surface area contributed by atoms with Crippen LogP contribution in [0, 0.1) is 5.92 Å². The number of carbonyl (C=O) groups is 7. The number of aliphatic hydroxyl groups is 1. The normalized spacial score (nSPS) is 15.5. The number of hydrogen-bond acceptors (Lipinski definition) is 13. The molecule has 0 bridgehead atoms. The van der Waals surface area contributed by atoms with Crippen molar-refractivity contribution in [1.29, 1.82) is 0 Å². The predicted molar refractivity (Wildman–Crippen MR) is 214 cm³/mol. The maximum Gasteiger partial charge on any atom is 0.326 e. The summed E-state index contributed by atoms with van der Waals surface area (Å²) >= 11 is 5.41. The summed E-state index contributed by atoms with van der Waals surface area (Å²) in [5.74, 6) is -5.62. The first-order valence-corrected chi connectivity index (χ1v) is 20.2. The third-order valence-corrected chi connectivity index (χ3v) is 9.11. The highest BCUT2D eigenvalue weighted by Gasteiger charge is 2.34. The lowest BCUT2D eigenvalue weighted by Crippen LogP contribution is -2.61. The summed E-state index contributed by atoms with van der Waals surface area (Å²) in [5.41, 5.74) is 22.1. The molecule has 0 rings (SSSR count). The van der Waals surface area contributed by atoms with E-state index in [1.54, 1.807) is 6.26 Å². The molecule has 0 radical (unpaired) electrons. The highest BCUT2D eigenvalue weighted by molar-refractivity contribution is 7.98. The van der Waals surface area contributed by atoms with Crippen LogP contribution in [0.2, 0.25) is 0 Å². The smallest absolute Gasteiger partial charge is 0.326 e. The Balaban J connectivity index is 5.99. The maximum atomic E-state index is 13.6. The largest absolute Gasteiger partial charge is 0.480 e. The van der Waals surface area contributed by atoms with Crippen LogP contribution in [0.25, 0.3) is 0 Å². The number of rotatable bonds is 28. The van der Waals surface area contributed by atoms with Crippen LogP contribution in [0.1, 0.15) is 72.6 Å². The Kier molecular flexibility index (Phi) is 25.7. The number of hydrogen-bond donors (Lipinski definition) is 13. The van der Waals surface area contributed by atoms with Crippen molar-refractivity contribution in [3.05, 3.63) is 0 Å². The molecule has 0 spiro atoms. The Hall–Kier alpha value is -3.86. The quantitative estimate of drug-likeness (QED) is 0.0159. The van der Waals surface area contributed by atoms with Gasteiger partial charge in [-0.1, -0.05) is 13.8 Å². The van der Waals surface area contributed by atoms with Gasteiger partial charge in [-0.3, -0.25) is 33.8 Å². The first kappa shape index (κ1) is 51.1. The van der Waals surface area contributed by atoms with Crippen LogP contribution in [-0.2, 0) is 33.6 Å². The molecular formula is C33H63N11O9S2. The fraction of sp³-hybridized carbons (Fsp3) is 0.758. The average molecular weight is 822 g/mol. The fourth-order valence-corrected chi connectivity index (χ4v) is 5.60. The van der Waals surface area contributed by atoms with Gasteiger partial charge in [-0.2, -0.15) is 24.4 Å². The third-order valence-electron chi connectivity index (χ3n) is 8.07. The molecule has 0 aliphatic rings. The van der Waals surface area contributed by atoms with Gasteiger partial charge in [0.15, 0.2) is 5.96 Å². The Morgan fingerprint density at radius 2 is 1.22 bits per heavy atom. The van der Waals surface area contributed by atoms with Crippen molar-refractivity contribution < 1.29 is 43.8 Å². The SMILES string of the molecule is CSCC[C@H](NC(=O)[C@H](CCCCN)NC(=O)[C@@H](NC(=O)[C@H](C)NC(=O)[C@H](CCCN=C(N)N)NC(=O)[C@@H](N)CS)[C@@H](C)O)C(=O)N[C@@H](CC(C)C)C(=O)O. The lowest BCUT2D eigenvalue weighted by molar-refractivity contribution is -0.143. The van der Waals surface area contributed by atoms with Crippen molar-refractivity contribution >= 4 is 71.8 Å². The maximum absolute atomic E-state index is 13.6. The molecule has 316 valence electrons. The zero-order valence-corrected chi connectivity index (χ0v) is 34.0. The number of thioether (sulfide) groups is 1. The summed E-state index contributed by atoms with van der Waals surface area (Å²) in [6.45, 7) is 6.63. The number of thiol groups is 1. The zero-order valence-electron chi connectivity index (χ0n) is 32.3. The van der Waals surface area contributed by atoms with Crippen LogP contribution in [0.15, 0.2) is 4.99 Å². The Morgan fingerprint density at radius 1 is 0.709 bits per heavy atom. The second-order valence-electron chi connectivity index (χ2n) is 13.5. The molecule has 0 saturated heterocycles. The molecule has 0 aromatic carbocycles. The minimum absolute atomic E-state index is 0.00486. The van der Waals surface area contributed by atoms with E-state index in [0.29, 0.717) is 25.1 Å². The number of carbonyl (C=O) groups excluding carboxylic acids is 6. The summed E-state index contributed by atoms with van der Waals surface area (Å²) in [7, 11) is 0. The Labute approximate surface area is 332 Å². The van der Waals surface area contributed by atoms with E-state index >= 15 is 0 Å². The molecule has 20 nitrogen and oxygen atoms in total. The summed E-state index contributed by atoms with van der Waals surface area (Å²) in [6, 6.07) is -8.57. The van der Waals surface area contributed by atoms with Gasteiger partial charge in [0.2, 0.25) is 35.4 Å². The predicted octanol–water partition coefficient (Wildman–Crippen LogP) is -3.38. The van der Waals surface area contributed by atoms with E-state index in [1.165, 1.54) is 25.6 Å². The van der Waals surface area contributed by atoms with E-state index in [9.17, 15) is 43.8 Å². The topological polar surface area (TPSA) is 349 Å². The van der Waals surface area contributed by atoms with Crippen LogP contribution in [0.4, 0.5) is 0 Å². The van der Waals surface area contributed by atoms with E-state index in [2.05, 4.69) is 49.5 Å². The highest BCUT2D eigenvalue weighted by Crippen LogP contribution is 2.10. The zero-order chi connectivity index (χ0) is 42.2. The summed E-state index contributed by atoms with van der Waals surface area (Å²) in [6.07, 6.45) is 1.98. The van der Waals surface area contributed by atoms with Crippen LogP contribution in [-0.4, -0.2) is 137 Å². The number of aliphatic hydroxyl groups excluding tert-OH is 1. The lowest BCUT2D eigenvalue weighted by Gasteiger charge is -2.28. The van der Waals surface area contributed by atoms with Crippen LogP contribution in [0.3, 0.4) is 0 Å². The molecule has 0 aliphatic heterocycles. The van der Waals surface area contributed by atoms with Crippen LogP contribution >= 0.6 is 24.4 Å². The molecule has 0 aromatic rings. The second-order valence-corrected chi connectivity index (χ2v) is 14.8. The molecule has 6 amide bonds. The minimum atomic E-state index is -1.59. The van der Waals surface area contributed by atoms with Gasteiger partial charge in [-0.05, 0) is 83.3 Å². The van der Waals surface area contributed by atoms with E-state index in [-0.39, 0.29) is 56.3 Å². The highest BCUT2D eigenvalue weighted by atomic mass is 32.2. The molecule has 16 N–H and O–H groups in total. The van der Waals surface area contributed by atoms with Gasteiger partial charge in [0.1, 0.15) is 36.3 Å². The number of nitrogens with zero attached hydrogens (tertiary/aromatic N) is 1. The Bertz CT molecular complexity index is 1290. The number of nitrogens with one attached hydrogen (secondary N) is 6. The van der Waals surface area contributed by atoms with Gasteiger partial charge in [-0.15, -0.1) is 0 Å². The Morgan fingerprint density at radius 3 is 1.71 bits per heavy atom. The van der Waals surface area contributed by atoms with E-state index < -0.39 is 89.8 Å².